The molecule has 0 aliphatic carbocycles. The molecule has 6 nitrogen and oxygen atoms in total. The molecule has 0 spiro atoms. The van der Waals surface area contributed by atoms with Gasteiger partial charge in [-0.2, -0.15) is 10.2 Å². The van der Waals surface area contributed by atoms with Gasteiger partial charge in [-0.15, -0.1) is 0 Å². The number of benzene rings is 1. The minimum Gasteiger partial charge on any atom is -0.309 e. The van der Waals surface area contributed by atoms with Gasteiger partial charge in [0.15, 0.2) is 5.82 Å². The Morgan fingerprint density at radius 3 is 2.69 bits per heavy atom. The molecule has 0 radical (unpaired) electrons. The third-order valence-electron chi connectivity index (χ3n) is 4.04. The summed E-state index contributed by atoms with van der Waals surface area (Å²) < 4.78 is 4.56. The number of hydrogen-bond acceptors (Lipinski definition) is 3. The van der Waals surface area contributed by atoms with Crippen molar-refractivity contribution in [1.82, 2.24) is 19.6 Å². The molecule has 2 heterocycles. The van der Waals surface area contributed by atoms with E-state index in [-0.39, 0.29) is 5.91 Å². The lowest BCUT2D eigenvalue weighted by atomic mass is 10.2. The Hall–Kier alpha value is -2.12. The number of carbonyl (C=O) groups is 1. The number of nitrogens with zero attached hydrogens (tertiary/aromatic N) is 4. The lowest BCUT2D eigenvalue weighted by molar-refractivity contribution is -0.116. The smallest absolute Gasteiger partial charge is 0.227 e. The van der Waals surface area contributed by atoms with Gasteiger partial charge < -0.3 is 5.32 Å². The van der Waals surface area contributed by atoms with Crippen LogP contribution < -0.4 is 5.32 Å². The van der Waals surface area contributed by atoms with E-state index in [1.807, 2.05) is 49.0 Å². The highest BCUT2D eigenvalue weighted by Crippen LogP contribution is 2.20. The van der Waals surface area contributed by atoms with E-state index in [2.05, 4.69) is 31.4 Å². The van der Waals surface area contributed by atoms with Crippen LogP contribution in [-0.4, -0.2) is 25.5 Å². The Morgan fingerprint density at radius 1 is 1.23 bits per heavy atom. The van der Waals surface area contributed by atoms with Gasteiger partial charge in [-0.25, -0.2) is 0 Å². The molecule has 0 saturated heterocycles. The summed E-state index contributed by atoms with van der Waals surface area (Å²) in [5.41, 5.74) is 2.91. The minimum atomic E-state index is -0.100. The molecule has 1 N–H and O–H groups in total. The van der Waals surface area contributed by atoms with Gasteiger partial charge in [0.1, 0.15) is 0 Å². The van der Waals surface area contributed by atoms with Crippen LogP contribution in [0.4, 0.5) is 5.82 Å². The average Bonchev–Trinajstić information content (AvgIpc) is 3.15. The zero-order chi connectivity index (χ0) is 18.7. The van der Waals surface area contributed by atoms with Gasteiger partial charge in [-0.05, 0) is 41.4 Å². The van der Waals surface area contributed by atoms with E-state index < -0.39 is 0 Å². The summed E-state index contributed by atoms with van der Waals surface area (Å²) in [6.07, 6.45) is 2.14. The van der Waals surface area contributed by atoms with Gasteiger partial charge in [0.05, 0.1) is 23.3 Å². The maximum Gasteiger partial charge on any atom is 0.227 e. The third-order valence-corrected chi connectivity index (χ3v) is 5.56. The fourth-order valence-corrected chi connectivity index (χ4v) is 3.10. The first-order valence-electron chi connectivity index (χ1n) is 8.20. The van der Waals surface area contributed by atoms with Crippen molar-refractivity contribution in [2.45, 2.75) is 33.4 Å². The summed E-state index contributed by atoms with van der Waals surface area (Å²) in [7, 11) is 0. The first kappa shape index (κ1) is 18.7. The molecule has 0 unspecified atom stereocenters. The number of carbonyl (C=O) groups excluding carboxylic acids is 1. The Labute approximate surface area is 165 Å². The summed E-state index contributed by atoms with van der Waals surface area (Å²) in [5, 5.41) is 12.3. The second kappa shape index (κ2) is 8.05. The second-order valence-electron chi connectivity index (χ2n) is 6.00. The maximum atomic E-state index is 12.2. The summed E-state index contributed by atoms with van der Waals surface area (Å²) in [4.78, 5) is 12.2. The summed E-state index contributed by atoms with van der Waals surface area (Å²) in [5.74, 6) is 0.424. The van der Waals surface area contributed by atoms with Crippen molar-refractivity contribution in [2.75, 3.05) is 5.32 Å². The molecule has 0 bridgehead atoms. The number of anilines is 1. The number of halogens is 2. The molecule has 0 atom stereocenters. The Morgan fingerprint density at radius 2 is 2.00 bits per heavy atom. The Balaban J connectivity index is 1.56. The first-order chi connectivity index (χ1) is 12.4. The second-order valence-corrected chi connectivity index (χ2v) is 7.20. The van der Waals surface area contributed by atoms with Gasteiger partial charge in [0.25, 0.3) is 0 Å². The fourth-order valence-electron chi connectivity index (χ4n) is 2.62. The molecular weight excluding hydrogens is 418 g/mol. The molecule has 2 aromatic heterocycles. The van der Waals surface area contributed by atoms with Crippen LogP contribution in [0.1, 0.15) is 23.4 Å². The lowest BCUT2D eigenvalue weighted by Gasteiger charge is -2.06. The molecule has 26 heavy (non-hydrogen) atoms. The van der Waals surface area contributed by atoms with E-state index in [0.717, 1.165) is 21.4 Å². The molecule has 0 aliphatic rings. The molecule has 0 aliphatic heterocycles. The van der Waals surface area contributed by atoms with E-state index in [4.69, 9.17) is 11.6 Å². The zero-order valence-corrected chi connectivity index (χ0v) is 16.9. The summed E-state index contributed by atoms with van der Waals surface area (Å²) in [6.45, 7) is 4.97. The van der Waals surface area contributed by atoms with E-state index in [1.54, 1.807) is 10.7 Å². The van der Waals surface area contributed by atoms with Gasteiger partial charge in [-0.1, -0.05) is 29.8 Å². The molecule has 0 fully saturated rings. The van der Waals surface area contributed by atoms with Crippen molar-refractivity contribution >= 4 is 39.3 Å². The molecular formula is C18H19BrClN5O. The van der Waals surface area contributed by atoms with Gasteiger partial charge in [0, 0.05) is 29.4 Å². The van der Waals surface area contributed by atoms with Crippen molar-refractivity contribution in [1.29, 1.82) is 0 Å². The summed E-state index contributed by atoms with van der Waals surface area (Å²) >= 11 is 9.66. The fraction of sp³-hybridized carbons (Fsp3) is 0.278. The first-order valence-corrected chi connectivity index (χ1v) is 9.37. The largest absolute Gasteiger partial charge is 0.309 e. The normalized spacial score (nSPS) is 10.9. The molecule has 3 aromatic rings. The van der Waals surface area contributed by atoms with E-state index in [9.17, 15) is 4.79 Å². The molecule has 3 rings (SSSR count). The number of rotatable bonds is 6. The Bertz CT molecular complexity index is 934. The zero-order valence-electron chi connectivity index (χ0n) is 14.5. The predicted molar refractivity (Wildman–Crippen MR) is 105 cm³/mol. The van der Waals surface area contributed by atoms with E-state index in [0.29, 0.717) is 30.4 Å². The topological polar surface area (TPSA) is 64.7 Å². The molecule has 8 heteroatoms. The monoisotopic (exact) mass is 435 g/mol. The average molecular weight is 437 g/mol. The predicted octanol–water partition coefficient (Wildman–Crippen LogP) is 4.19. The number of nitrogens with one attached hydrogen (secondary N) is 1. The summed E-state index contributed by atoms with van der Waals surface area (Å²) in [6, 6.07) is 9.40. The van der Waals surface area contributed by atoms with Crippen molar-refractivity contribution in [2.24, 2.45) is 0 Å². The van der Waals surface area contributed by atoms with Crippen LogP contribution in [0.3, 0.4) is 0 Å². The number of amides is 1. The van der Waals surface area contributed by atoms with Gasteiger partial charge in [-0.3, -0.25) is 14.2 Å². The molecule has 0 saturated carbocycles. The number of hydrogen-bond donors (Lipinski definition) is 1. The van der Waals surface area contributed by atoms with Crippen molar-refractivity contribution < 1.29 is 4.79 Å². The van der Waals surface area contributed by atoms with Crippen molar-refractivity contribution in [3.63, 3.8) is 0 Å². The molecule has 1 aromatic carbocycles. The van der Waals surface area contributed by atoms with Crippen molar-refractivity contribution in [3.05, 3.63) is 63.0 Å². The molecule has 136 valence electrons. The van der Waals surface area contributed by atoms with Crippen LogP contribution in [0.2, 0.25) is 5.02 Å². The van der Waals surface area contributed by atoms with Crippen LogP contribution in [0.25, 0.3) is 0 Å². The highest BCUT2D eigenvalue weighted by molar-refractivity contribution is 9.10. The van der Waals surface area contributed by atoms with Crippen LogP contribution in [-0.2, 0) is 17.9 Å². The standard InChI is InChI=1S/C18H19BrClN5O/c1-12-18(19)13(2)25(22-12)10-8-17(26)21-16-7-9-24(23-16)11-14-5-3-4-6-15(14)20/h3-7,9H,8,10-11H2,1-2H3,(H,21,23,26). The lowest BCUT2D eigenvalue weighted by Crippen LogP contribution is -2.16. The highest BCUT2D eigenvalue weighted by atomic mass is 79.9. The third kappa shape index (κ3) is 4.34. The highest BCUT2D eigenvalue weighted by Gasteiger charge is 2.11. The maximum absolute atomic E-state index is 12.2. The van der Waals surface area contributed by atoms with E-state index >= 15 is 0 Å². The van der Waals surface area contributed by atoms with E-state index in [1.165, 1.54) is 0 Å². The van der Waals surface area contributed by atoms with Gasteiger partial charge in [0.2, 0.25) is 5.91 Å². The number of aryl methyl sites for hydroxylation is 2. The minimum absolute atomic E-state index is 0.100. The van der Waals surface area contributed by atoms with Crippen LogP contribution in [0.15, 0.2) is 41.0 Å². The van der Waals surface area contributed by atoms with Crippen LogP contribution >= 0.6 is 27.5 Å². The van der Waals surface area contributed by atoms with Gasteiger partial charge >= 0.3 is 0 Å². The SMILES string of the molecule is Cc1nn(CCC(=O)Nc2ccn(Cc3ccccc3Cl)n2)c(C)c1Br. The number of aromatic nitrogens is 4. The molecule has 1 amide bonds. The van der Waals surface area contributed by atoms with Crippen molar-refractivity contribution in [3.8, 4) is 0 Å². The van der Waals surface area contributed by atoms with Crippen LogP contribution in [0, 0.1) is 13.8 Å². The quantitative estimate of drug-likeness (QED) is 0.630. The Kier molecular flexibility index (Phi) is 5.78. The van der Waals surface area contributed by atoms with Crippen LogP contribution in [0.5, 0.6) is 0 Å².